The van der Waals surface area contributed by atoms with E-state index in [4.69, 9.17) is 5.73 Å². The van der Waals surface area contributed by atoms with Crippen LogP contribution >= 0.6 is 15.9 Å². The third-order valence-electron chi connectivity index (χ3n) is 1.94. The van der Waals surface area contributed by atoms with E-state index >= 15 is 0 Å². The zero-order chi connectivity index (χ0) is 12.3. The number of nitrogens with two attached hydrogens (primary N) is 1. The number of halogens is 3. The zero-order valence-corrected chi connectivity index (χ0v) is 9.92. The Morgan fingerprint density at radius 1 is 1.69 bits per heavy atom. The first-order valence-corrected chi connectivity index (χ1v) is 5.04. The van der Waals surface area contributed by atoms with Gasteiger partial charge in [-0.15, -0.1) is 0 Å². The van der Waals surface area contributed by atoms with Gasteiger partial charge in [0.25, 0.3) is 6.43 Å². The van der Waals surface area contributed by atoms with Crippen molar-refractivity contribution in [2.75, 3.05) is 12.8 Å². The Morgan fingerprint density at radius 2 is 2.31 bits per heavy atom. The molecule has 0 aliphatic rings. The molecule has 0 radical (unpaired) electrons. The molecule has 16 heavy (non-hydrogen) atoms. The minimum Gasteiger partial charge on any atom is -0.469 e. The number of aromatic nitrogens is 1. The van der Waals surface area contributed by atoms with Crippen molar-refractivity contribution in [1.29, 1.82) is 0 Å². The number of methoxy groups -OCH3 is 1. The van der Waals surface area contributed by atoms with E-state index in [1.54, 1.807) is 0 Å². The lowest BCUT2D eigenvalue weighted by molar-refractivity contribution is -0.139. The van der Waals surface area contributed by atoms with E-state index in [9.17, 15) is 13.6 Å². The second kappa shape index (κ2) is 5.20. The van der Waals surface area contributed by atoms with Gasteiger partial charge in [-0.05, 0) is 15.9 Å². The van der Waals surface area contributed by atoms with Crippen LogP contribution in [0.15, 0.2) is 10.7 Å². The number of carbonyl (C=O) groups is 1. The van der Waals surface area contributed by atoms with Crippen LogP contribution in [0.4, 0.5) is 14.5 Å². The fraction of sp³-hybridized carbons (Fsp3) is 0.333. The maximum Gasteiger partial charge on any atom is 0.310 e. The summed E-state index contributed by atoms with van der Waals surface area (Å²) in [7, 11) is 1.21. The number of anilines is 1. The average Bonchev–Trinajstić information content (AvgIpc) is 2.23. The number of hydrogen-bond donors (Lipinski definition) is 1. The summed E-state index contributed by atoms with van der Waals surface area (Å²) in [6.45, 7) is 0. The van der Waals surface area contributed by atoms with Crippen molar-refractivity contribution >= 4 is 27.6 Å². The number of nitrogens with zero attached hydrogens (tertiary/aromatic N) is 1. The van der Waals surface area contributed by atoms with E-state index in [-0.39, 0.29) is 22.1 Å². The van der Waals surface area contributed by atoms with Crippen LogP contribution in [0, 0.1) is 0 Å². The van der Waals surface area contributed by atoms with E-state index in [1.807, 2.05) is 0 Å². The number of alkyl halides is 2. The second-order valence-electron chi connectivity index (χ2n) is 2.94. The molecule has 0 unspecified atom stereocenters. The van der Waals surface area contributed by atoms with Gasteiger partial charge in [0.15, 0.2) is 0 Å². The van der Waals surface area contributed by atoms with Crippen molar-refractivity contribution in [1.82, 2.24) is 4.98 Å². The van der Waals surface area contributed by atoms with Crippen LogP contribution in [0.2, 0.25) is 0 Å². The van der Waals surface area contributed by atoms with Crippen LogP contribution in [-0.4, -0.2) is 18.1 Å². The Morgan fingerprint density at radius 3 is 2.81 bits per heavy atom. The van der Waals surface area contributed by atoms with Crippen molar-refractivity contribution < 1.29 is 18.3 Å². The van der Waals surface area contributed by atoms with Crippen molar-refractivity contribution in [3.63, 3.8) is 0 Å². The first kappa shape index (κ1) is 12.8. The van der Waals surface area contributed by atoms with Gasteiger partial charge in [-0.25, -0.2) is 8.78 Å². The second-order valence-corrected chi connectivity index (χ2v) is 3.74. The number of esters is 1. The predicted molar refractivity (Wildman–Crippen MR) is 57.0 cm³/mol. The molecule has 0 saturated heterocycles. The summed E-state index contributed by atoms with van der Waals surface area (Å²) >= 11 is 2.96. The smallest absolute Gasteiger partial charge is 0.310 e. The summed E-state index contributed by atoms with van der Waals surface area (Å²) in [4.78, 5) is 14.6. The number of pyridine rings is 1. The van der Waals surface area contributed by atoms with Gasteiger partial charge in [0.1, 0.15) is 5.69 Å². The lowest BCUT2D eigenvalue weighted by atomic mass is 10.1. The molecule has 1 aromatic rings. The van der Waals surface area contributed by atoms with Crippen LogP contribution in [0.3, 0.4) is 0 Å². The zero-order valence-electron chi connectivity index (χ0n) is 8.34. The van der Waals surface area contributed by atoms with Gasteiger partial charge in [-0.3, -0.25) is 9.78 Å². The number of rotatable bonds is 3. The standard InChI is InChI=1S/C9H9BrF2N2O2/c1-16-6(15)2-4-5(13)3-14-8(7(4)10)9(11)12/h3,9H,2,13H2,1H3. The highest BCUT2D eigenvalue weighted by Crippen LogP contribution is 2.31. The molecule has 1 heterocycles. The van der Waals surface area contributed by atoms with E-state index in [1.165, 1.54) is 7.11 Å². The quantitative estimate of drug-likeness (QED) is 0.867. The molecule has 0 aromatic carbocycles. The molecule has 2 N–H and O–H groups in total. The van der Waals surface area contributed by atoms with Crippen molar-refractivity contribution in [3.8, 4) is 0 Å². The molecule has 0 aliphatic carbocycles. The summed E-state index contributed by atoms with van der Waals surface area (Å²) in [6, 6.07) is 0. The molecule has 0 fully saturated rings. The summed E-state index contributed by atoms with van der Waals surface area (Å²) in [6.07, 6.45) is -1.80. The molecule has 0 saturated carbocycles. The highest BCUT2D eigenvalue weighted by atomic mass is 79.9. The van der Waals surface area contributed by atoms with Gasteiger partial charge in [0.05, 0.1) is 29.9 Å². The van der Waals surface area contributed by atoms with E-state index < -0.39 is 18.1 Å². The molecule has 1 aromatic heterocycles. The van der Waals surface area contributed by atoms with Crippen molar-refractivity contribution in [2.45, 2.75) is 12.8 Å². The molecule has 0 bridgehead atoms. The molecule has 0 atom stereocenters. The van der Waals surface area contributed by atoms with E-state index in [2.05, 4.69) is 25.7 Å². The molecular weight excluding hydrogens is 286 g/mol. The number of carbonyl (C=O) groups excluding carboxylic acids is 1. The molecule has 0 amide bonds. The molecule has 88 valence electrons. The Bertz CT molecular complexity index is 413. The first-order chi connectivity index (χ1) is 7.47. The van der Waals surface area contributed by atoms with Crippen LogP contribution in [0.5, 0.6) is 0 Å². The molecule has 7 heteroatoms. The largest absolute Gasteiger partial charge is 0.469 e. The Kier molecular flexibility index (Phi) is 4.17. The monoisotopic (exact) mass is 294 g/mol. The van der Waals surface area contributed by atoms with Crippen LogP contribution in [-0.2, 0) is 16.0 Å². The highest BCUT2D eigenvalue weighted by molar-refractivity contribution is 9.10. The van der Waals surface area contributed by atoms with Crippen molar-refractivity contribution in [2.24, 2.45) is 0 Å². The fourth-order valence-electron chi connectivity index (χ4n) is 1.10. The summed E-state index contributed by atoms with van der Waals surface area (Å²) in [5.74, 6) is -0.557. The fourth-order valence-corrected chi connectivity index (χ4v) is 1.75. The highest BCUT2D eigenvalue weighted by Gasteiger charge is 2.20. The van der Waals surface area contributed by atoms with Gasteiger partial charge in [0, 0.05) is 5.56 Å². The minimum absolute atomic E-state index is 0.0490. The van der Waals surface area contributed by atoms with Crippen LogP contribution in [0.1, 0.15) is 17.7 Å². The average molecular weight is 295 g/mol. The molecule has 1 rings (SSSR count). The number of hydrogen-bond acceptors (Lipinski definition) is 4. The normalized spacial score (nSPS) is 10.6. The third kappa shape index (κ3) is 2.66. The summed E-state index contributed by atoms with van der Waals surface area (Å²) < 4.78 is 29.5. The third-order valence-corrected chi connectivity index (χ3v) is 2.82. The lowest BCUT2D eigenvalue weighted by Crippen LogP contribution is -2.09. The van der Waals surface area contributed by atoms with Gasteiger partial charge >= 0.3 is 5.97 Å². The molecule has 0 aliphatic heterocycles. The Labute approximate surface area is 98.9 Å². The van der Waals surface area contributed by atoms with E-state index in [0.29, 0.717) is 0 Å². The van der Waals surface area contributed by atoms with Gasteiger partial charge < -0.3 is 10.5 Å². The topological polar surface area (TPSA) is 65.2 Å². The van der Waals surface area contributed by atoms with Gasteiger partial charge in [-0.2, -0.15) is 0 Å². The summed E-state index contributed by atoms with van der Waals surface area (Å²) in [5.41, 5.74) is 5.54. The summed E-state index contributed by atoms with van der Waals surface area (Å²) in [5, 5.41) is 0. The SMILES string of the molecule is COC(=O)Cc1c(N)cnc(C(F)F)c1Br. The minimum atomic E-state index is -2.73. The number of nitrogen functional groups attached to an aromatic ring is 1. The molecule has 0 spiro atoms. The number of ether oxygens (including phenoxy) is 1. The Balaban J connectivity index is 3.16. The van der Waals surface area contributed by atoms with Crippen LogP contribution < -0.4 is 5.73 Å². The predicted octanol–water partition coefficient (Wildman–Crippen LogP) is 2.08. The molecule has 4 nitrogen and oxygen atoms in total. The van der Waals surface area contributed by atoms with Crippen LogP contribution in [0.25, 0.3) is 0 Å². The maximum atomic E-state index is 12.5. The maximum absolute atomic E-state index is 12.5. The first-order valence-electron chi connectivity index (χ1n) is 4.25. The van der Waals surface area contributed by atoms with E-state index in [0.717, 1.165) is 6.20 Å². The van der Waals surface area contributed by atoms with Gasteiger partial charge in [-0.1, -0.05) is 0 Å². The Hall–Kier alpha value is -1.24. The lowest BCUT2D eigenvalue weighted by Gasteiger charge is -2.10. The van der Waals surface area contributed by atoms with Crippen molar-refractivity contribution in [3.05, 3.63) is 21.9 Å². The van der Waals surface area contributed by atoms with Gasteiger partial charge in [0.2, 0.25) is 0 Å². The molecular formula is C9H9BrF2N2O2.